The van der Waals surface area contributed by atoms with Crippen LogP contribution in [0.5, 0.6) is 5.88 Å². The van der Waals surface area contributed by atoms with E-state index in [0.717, 1.165) is 5.69 Å². The maximum atomic E-state index is 11.0. The van der Waals surface area contributed by atoms with Gasteiger partial charge in [-0.05, 0) is 19.9 Å². The minimum Gasteiger partial charge on any atom is -0.434 e. The van der Waals surface area contributed by atoms with Crippen LogP contribution in [0.3, 0.4) is 0 Å². The highest BCUT2D eigenvalue weighted by molar-refractivity contribution is 5.67. The van der Waals surface area contributed by atoms with Gasteiger partial charge in [-0.15, -0.1) is 0 Å². The average molecular weight is 198 g/mol. The third kappa shape index (κ3) is 1.99. The second-order valence-corrected chi connectivity index (χ2v) is 2.89. The van der Waals surface area contributed by atoms with Crippen LogP contribution < -0.4 is 10.5 Å². The molecule has 5 nitrogen and oxygen atoms in total. The zero-order valence-corrected chi connectivity index (χ0v) is 8.53. The molecule has 0 saturated carbocycles. The number of carbonyl (C=O) groups excluding carboxylic acids is 1. The van der Waals surface area contributed by atoms with E-state index in [1.807, 2.05) is 6.92 Å². The normalized spacial score (nSPS) is 9.93. The SMILES string of the molecule is CCOC(=O)Oc1c(N)cc(C)n1C. The Balaban J connectivity index is 2.81. The average Bonchev–Trinajstić information content (AvgIpc) is 2.33. The van der Waals surface area contributed by atoms with Crippen LogP contribution in [0.25, 0.3) is 0 Å². The Labute approximate surface area is 82.4 Å². The Hall–Kier alpha value is -1.65. The van der Waals surface area contributed by atoms with Crippen molar-refractivity contribution in [3.63, 3.8) is 0 Å². The lowest BCUT2D eigenvalue weighted by Gasteiger charge is -2.06. The number of aryl methyl sites for hydroxylation is 1. The van der Waals surface area contributed by atoms with E-state index in [1.165, 1.54) is 0 Å². The van der Waals surface area contributed by atoms with Crippen molar-refractivity contribution in [2.45, 2.75) is 13.8 Å². The van der Waals surface area contributed by atoms with Crippen LogP contribution in [0, 0.1) is 6.92 Å². The molecule has 0 atom stereocenters. The molecule has 0 spiro atoms. The van der Waals surface area contributed by atoms with Gasteiger partial charge in [0.1, 0.15) is 0 Å². The molecule has 78 valence electrons. The van der Waals surface area contributed by atoms with Gasteiger partial charge in [-0.25, -0.2) is 4.79 Å². The number of rotatable bonds is 2. The van der Waals surface area contributed by atoms with Gasteiger partial charge in [-0.2, -0.15) is 0 Å². The fourth-order valence-electron chi connectivity index (χ4n) is 1.09. The molecule has 1 heterocycles. The largest absolute Gasteiger partial charge is 0.515 e. The van der Waals surface area contributed by atoms with E-state index in [4.69, 9.17) is 10.5 Å². The van der Waals surface area contributed by atoms with Gasteiger partial charge in [0.25, 0.3) is 0 Å². The second kappa shape index (κ2) is 4.04. The maximum absolute atomic E-state index is 11.0. The Morgan fingerprint density at radius 2 is 2.29 bits per heavy atom. The topological polar surface area (TPSA) is 66.5 Å². The molecule has 1 aromatic rings. The van der Waals surface area contributed by atoms with Gasteiger partial charge in [-0.1, -0.05) is 0 Å². The highest BCUT2D eigenvalue weighted by atomic mass is 16.7. The molecule has 0 saturated heterocycles. The molecular formula is C9H14N2O3. The van der Waals surface area contributed by atoms with Crippen molar-refractivity contribution in [1.29, 1.82) is 0 Å². The lowest BCUT2D eigenvalue weighted by molar-refractivity contribution is 0.102. The summed E-state index contributed by atoms with van der Waals surface area (Å²) in [7, 11) is 1.76. The molecular weight excluding hydrogens is 184 g/mol. The van der Waals surface area contributed by atoms with Crippen molar-refractivity contribution in [2.24, 2.45) is 7.05 Å². The summed E-state index contributed by atoms with van der Waals surface area (Å²) in [6.07, 6.45) is -0.736. The molecule has 0 aliphatic carbocycles. The standard InChI is InChI=1S/C9H14N2O3/c1-4-13-9(12)14-8-7(10)5-6(2)11(8)3/h5H,4,10H2,1-3H3. The van der Waals surface area contributed by atoms with Crippen molar-refractivity contribution in [3.8, 4) is 5.88 Å². The summed E-state index contributed by atoms with van der Waals surface area (Å²) in [5.41, 5.74) is 6.98. The Kier molecular flexibility index (Phi) is 3.01. The van der Waals surface area contributed by atoms with E-state index in [0.29, 0.717) is 11.6 Å². The number of anilines is 1. The van der Waals surface area contributed by atoms with Gasteiger partial charge in [0.2, 0.25) is 5.88 Å². The highest BCUT2D eigenvalue weighted by Crippen LogP contribution is 2.24. The fourth-order valence-corrected chi connectivity index (χ4v) is 1.09. The van der Waals surface area contributed by atoms with Crippen LogP contribution in [0.4, 0.5) is 10.5 Å². The summed E-state index contributed by atoms with van der Waals surface area (Å²) in [4.78, 5) is 11.0. The fraction of sp³-hybridized carbons (Fsp3) is 0.444. The highest BCUT2D eigenvalue weighted by Gasteiger charge is 2.13. The molecule has 1 rings (SSSR count). The quantitative estimate of drug-likeness (QED) is 0.730. The predicted molar refractivity (Wildman–Crippen MR) is 52.2 cm³/mol. The first kappa shape index (κ1) is 10.4. The molecule has 0 amide bonds. The number of ether oxygens (including phenoxy) is 2. The van der Waals surface area contributed by atoms with Gasteiger partial charge < -0.3 is 19.8 Å². The molecule has 14 heavy (non-hydrogen) atoms. The number of hydrogen-bond acceptors (Lipinski definition) is 4. The molecule has 0 radical (unpaired) electrons. The maximum Gasteiger partial charge on any atom is 0.515 e. The minimum absolute atomic E-state index is 0.280. The van der Waals surface area contributed by atoms with Crippen LogP contribution in [-0.2, 0) is 11.8 Å². The van der Waals surface area contributed by atoms with Crippen LogP contribution in [-0.4, -0.2) is 17.3 Å². The van der Waals surface area contributed by atoms with Crippen LogP contribution in [0.2, 0.25) is 0 Å². The molecule has 0 unspecified atom stereocenters. The Bertz CT molecular complexity index is 344. The first-order chi connectivity index (χ1) is 6.56. The summed E-state index contributed by atoms with van der Waals surface area (Å²) in [5, 5.41) is 0. The number of nitrogen functional groups attached to an aromatic ring is 1. The van der Waals surface area contributed by atoms with Gasteiger partial charge in [0.05, 0.1) is 12.3 Å². The second-order valence-electron chi connectivity index (χ2n) is 2.89. The molecule has 0 fully saturated rings. The van der Waals surface area contributed by atoms with Gasteiger partial charge in [0, 0.05) is 12.7 Å². The van der Waals surface area contributed by atoms with E-state index in [1.54, 1.807) is 24.6 Å². The summed E-state index contributed by atoms with van der Waals surface area (Å²) in [6.45, 7) is 3.86. The Morgan fingerprint density at radius 1 is 1.64 bits per heavy atom. The van der Waals surface area contributed by atoms with Crippen molar-refractivity contribution in [2.75, 3.05) is 12.3 Å². The summed E-state index contributed by atoms with van der Waals surface area (Å²) >= 11 is 0. The molecule has 5 heteroatoms. The number of nitrogens with two attached hydrogens (primary N) is 1. The summed E-state index contributed by atoms with van der Waals surface area (Å²) < 4.78 is 11.2. The molecule has 0 aliphatic rings. The predicted octanol–water partition coefficient (Wildman–Crippen LogP) is 1.45. The monoisotopic (exact) mass is 198 g/mol. The van der Waals surface area contributed by atoms with E-state index in [2.05, 4.69) is 4.74 Å². The molecule has 0 bridgehead atoms. The van der Waals surface area contributed by atoms with E-state index < -0.39 is 6.16 Å². The lowest BCUT2D eigenvalue weighted by atomic mass is 10.4. The van der Waals surface area contributed by atoms with Crippen molar-refractivity contribution >= 4 is 11.8 Å². The minimum atomic E-state index is -0.736. The molecule has 2 N–H and O–H groups in total. The van der Waals surface area contributed by atoms with Crippen molar-refractivity contribution < 1.29 is 14.3 Å². The van der Waals surface area contributed by atoms with Gasteiger partial charge in [0.15, 0.2) is 0 Å². The van der Waals surface area contributed by atoms with E-state index in [9.17, 15) is 4.79 Å². The molecule has 1 aromatic heterocycles. The smallest absolute Gasteiger partial charge is 0.434 e. The first-order valence-electron chi connectivity index (χ1n) is 4.32. The van der Waals surface area contributed by atoms with Crippen LogP contribution in [0.1, 0.15) is 12.6 Å². The third-order valence-electron chi connectivity index (χ3n) is 1.89. The molecule has 0 aromatic carbocycles. The first-order valence-corrected chi connectivity index (χ1v) is 4.32. The third-order valence-corrected chi connectivity index (χ3v) is 1.89. The van der Waals surface area contributed by atoms with Gasteiger partial charge >= 0.3 is 6.16 Å². The zero-order chi connectivity index (χ0) is 10.7. The van der Waals surface area contributed by atoms with Crippen LogP contribution in [0.15, 0.2) is 6.07 Å². The Morgan fingerprint density at radius 3 is 2.71 bits per heavy atom. The molecule has 0 aliphatic heterocycles. The summed E-state index contributed by atoms with van der Waals surface area (Å²) in [5.74, 6) is 0.320. The number of nitrogens with zero attached hydrogens (tertiary/aromatic N) is 1. The van der Waals surface area contributed by atoms with Crippen molar-refractivity contribution in [1.82, 2.24) is 4.57 Å². The van der Waals surface area contributed by atoms with Crippen molar-refractivity contribution in [3.05, 3.63) is 11.8 Å². The summed E-state index contributed by atoms with van der Waals surface area (Å²) in [6, 6.07) is 1.73. The van der Waals surface area contributed by atoms with E-state index >= 15 is 0 Å². The van der Waals surface area contributed by atoms with E-state index in [-0.39, 0.29) is 6.61 Å². The van der Waals surface area contributed by atoms with Gasteiger partial charge in [-0.3, -0.25) is 0 Å². The zero-order valence-electron chi connectivity index (χ0n) is 8.53. The lowest BCUT2D eigenvalue weighted by Crippen LogP contribution is -2.13. The van der Waals surface area contributed by atoms with Crippen LogP contribution >= 0.6 is 0 Å². The number of carbonyl (C=O) groups is 1. The number of hydrogen-bond donors (Lipinski definition) is 1. The number of aromatic nitrogens is 1.